The predicted molar refractivity (Wildman–Crippen MR) is 140 cm³/mol. The van der Waals surface area contributed by atoms with Gasteiger partial charge in [0.05, 0.1) is 26.1 Å². The van der Waals surface area contributed by atoms with Gasteiger partial charge in [-0.2, -0.15) is 0 Å². The van der Waals surface area contributed by atoms with Crippen LogP contribution in [-0.4, -0.2) is 46.8 Å². The van der Waals surface area contributed by atoms with Gasteiger partial charge in [0.2, 0.25) is 21.7 Å². The summed E-state index contributed by atoms with van der Waals surface area (Å²) in [6.45, 7) is 2.35. The molecule has 0 bridgehead atoms. The number of aromatic amines is 1. The Balaban J connectivity index is 1.83. The molecule has 192 valence electrons. The molecule has 2 aromatic carbocycles. The minimum Gasteiger partial charge on any atom is -0.501 e. The number of nitrogens with two attached hydrogens (primary N) is 1. The SMILES string of the molecule is Cc1ccc(-c2nc(N=Nc3cc(S(=O)(=O)N(C)C)cc([N+](=O)[O-])c3O)[nH]c2-c2ccc(CN)s2)cc1. The first-order valence-corrected chi connectivity index (χ1v) is 13.1. The van der Waals surface area contributed by atoms with Crippen LogP contribution >= 0.6 is 11.3 Å². The number of nitrogens with one attached hydrogen (secondary N) is 1. The Morgan fingerprint density at radius 1 is 1.16 bits per heavy atom. The van der Waals surface area contributed by atoms with Crippen molar-refractivity contribution in [1.82, 2.24) is 14.3 Å². The molecule has 0 saturated carbocycles. The van der Waals surface area contributed by atoms with Crippen molar-refractivity contribution in [3.05, 3.63) is 69.1 Å². The van der Waals surface area contributed by atoms with E-state index >= 15 is 0 Å². The van der Waals surface area contributed by atoms with Crippen LogP contribution in [-0.2, 0) is 16.6 Å². The molecule has 14 heteroatoms. The summed E-state index contributed by atoms with van der Waals surface area (Å²) < 4.78 is 26.1. The molecule has 2 heterocycles. The lowest BCUT2D eigenvalue weighted by Gasteiger charge is -2.12. The molecule has 0 aliphatic heterocycles. The van der Waals surface area contributed by atoms with Gasteiger partial charge in [-0.1, -0.05) is 29.8 Å². The van der Waals surface area contributed by atoms with Crippen LogP contribution in [0.4, 0.5) is 17.3 Å². The van der Waals surface area contributed by atoms with Gasteiger partial charge in [0.15, 0.2) is 0 Å². The van der Waals surface area contributed by atoms with E-state index in [9.17, 15) is 23.6 Å². The fourth-order valence-electron chi connectivity index (χ4n) is 3.38. The third-order valence-electron chi connectivity index (χ3n) is 5.40. The zero-order chi connectivity index (χ0) is 26.9. The second kappa shape index (κ2) is 10.2. The summed E-state index contributed by atoms with van der Waals surface area (Å²) in [7, 11) is -1.48. The number of nitro groups is 1. The number of aromatic nitrogens is 2. The molecule has 12 nitrogen and oxygen atoms in total. The molecule has 2 aromatic heterocycles. The van der Waals surface area contributed by atoms with Gasteiger partial charge < -0.3 is 15.8 Å². The third-order valence-corrected chi connectivity index (χ3v) is 8.31. The minimum atomic E-state index is -4.05. The van der Waals surface area contributed by atoms with Crippen LogP contribution in [0.15, 0.2) is 63.7 Å². The summed E-state index contributed by atoms with van der Waals surface area (Å²) in [4.78, 5) is 19.6. The van der Waals surface area contributed by atoms with Crippen molar-refractivity contribution >= 4 is 38.7 Å². The molecule has 0 spiro atoms. The van der Waals surface area contributed by atoms with Gasteiger partial charge in [-0.25, -0.2) is 17.7 Å². The monoisotopic (exact) mass is 541 g/mol. The molecule has 37 heavy (non-hydrogen) atoms. The summed E-state index contributed by atoms with van der Waals surface area (Å²) >= 11 is 1.49. The summed E-state index contributed by atoms with van der Waals surface area (Å²) in [5, 5.41) is 29.8. The molecule has 0 aliphatic rings. The first-order valence-electron chi connectivity index (χ1n) is 10.8. The van der Waals surface area contributed by atoms with E-state index in [2.05, 4.69) is 20.2 Å². The lowest BCUT2D eigenvalue weighted by molar-refractivity contribution is -0.386. The molecule has 0 radical (unpaired) electrons. The highest BCUT2D eigenvalue weighted by Crippen LogP contribution is 2.41. The zero-order valence-corrected chi connectivity index (χ0v) is 21.7. The first kappa shape index (κ1) is 26.1. The number of azo groups is 1. The maximum absolute atomic E-state index is 12.6. The summed E-state index contributed by atoms with van der Waals surface area (Å²) in [5.41, 5.74) is 7.71. The van der Waals surface area contributed by atoms with E-state index in [4.69, 9.17) is 5.73 Å². The number of benzene rings is 2. The predicted octanol–water partition coefficient (Wildman–Crippen LogP) is 4.85. The Morgan fingerprint density at radius 2 is 1.86 bits per heavy atom. The molecule has 0 fully saturated rings. The third kappa shape index (κ3) is 5.27. The maximum Gasteiger partial charge on any atom is 0.314 e. The fourth-order valence-corrected chi connectivity index (χ4v) is 5.21. The number of H-pyrrole nitrogens is 1. The highest BCUT2D eigenvalue weighted by Gasteiger charge is 2.26. The molecule has 0 saturated heterocycles. The van der Waals surface area contributed by atoms with E-state index in [1.54, 1.807) is 0 Å². The fraction of sp³-hybridized carbons (Fsp3) is 0.174. The van der Waals surface area contributed by atoms with Crippen molar-refractivity contribution < 1.29 is 18.4 Å². The second-order valence-corrected chi connectivity index (χ2v) is 11.5. The highest BCUT2D eigenvalue weighted by atomic mass is 32.2. The van der Waals surface area contributed by atoms with E-state index in [1.165, 1.54) is 25.4 Å². The standard InChI is InChI=1S/C23H23N7O5S2/c1-13-4-6-14(7-5-13)20-21(19-9-8-15(12-24)36-19)26-23(25-20)28-27-17-10-16(37(34,35)29(2)3)11-18(22(17)31)30(32)33/h4-11,31H,12,24H2,1-3H3,(H,25,26). The van der Waals surface area contributed by atoms with Gasteiger partial charge in [-0.05, 0) is 25.1 Å². The molecular formula is C23H23N7O5S2. The average molecular weight is 542 g/mol. The number of phenolic OH excluding ortho intramolecular Hbond substituents is 1. The topological polar surface area (TPSA) is 180 Å². The van der Waals surface area contributed by atoms with E-state index in [0.29, 0.717) is 17.9 Å². The number of sulfonamides is 1. The van der Waals surface area contributed by atoms with Crippen molar-refractivity contribution in [2.75, 3.05) is 14.1 Å². The van der Waals surface area contributed by atoms with Gasteiger partial charge in [0.25, 0.3) is 0 Å². The Labute approximate surface area is 216 Å². The van der Waals surface area contributed by atoms with Gasteiger partial charge in [0, 0.05) is 37.1 Å². The normalized spacial score (nSPS) is 12.0. The molecule has 0 aliphatic carbocycles. The largest absolute Gasteiger partial charge is 0.501 e. The highest BCUT2D eigenvalue weighted by molar-refractivity contribution is 7.89. The van der Waals surface area contributed by atoms with Crippen molar-refractivity contribution in [1.29, 1.82) is 0 Å². The van der Waals surface area contributed by atoms with Crippen molar-refractivity contribution in [3.8, 4) is 27.6 Å². The number of hydrogen-bond donors (Lipinski definition) is 3. The number of rotatable bonds is 8. The lowest BCUT2D eigenvalue weighted by Crippen LogP contribution is -2.22. The van der Waals surface area contributed by atoms with Gasteiger partial charge >= 0.3 is 5.69 Å². The molecule has 0 unspecified atom stereocenters. The van der Waals surface area contributed by atoms with Crippen LogP contribution < -0.4 is 5.73 Å². The van der Waals surface area contributed by atoms with Gasteiger partial charge in [-0.15, -0.1) is 21.6 Å². The summed E-state index contributed by atoms with van der Waals surface area (Å²) in [6.07, 6.45) is 0. The molecular weight excluding hydrogens is 518 g/mol. The molecule has 0 amide bonds. The van der Waals surface area contributed by atoms with E-state index in [1.807, 2.05) is 43.3 Å². The summed E-state index contributed by atoms with van der Waals surface area (Å²) in [6, 6.07) is 13.3. The number of nitro benzene ring substituents is 1. The number of hydrogen-bond acceptors (Lipinski definition) is 10. The van der Waals surface area contributed by atoms with Crippen LogP contribution in [0.25, 0.3) is 21.8 Å². The van der Waals surface area contributed by atoms with Crippen LogP contribution in [0.1, 0.15) is 10.4 Å². The minimum absolute atomic E-state index is 0.0520. The van der Waals surface area contributed by atoms with Crippen LogP contribution in [0.3, 0.4) is 0 Å². The van der Waals surface area contributed by atoms with Crippen molar-refractivity contribution in [3.63, 3.8) is 0 Å². The Kier molecular flexibility index (Phi) is 7.18. The molecule has 4 N–H and O–H groups in total. The Morgan fingerprint density at radius 3 is 2.46 bits per heavy atom. The smallest absolute Gasteiger partial charge is 0.314 e. The lowest BCUT2D eigenvalue weighted by atomic mass is 10.1. The molecule has 4 rings (SSSR count). The Hall–Kier alpha value is -3.98. The number of nitrogens with zero attached hydrogens (tertiary/aromatic N) is 5. The van der Waals surface area contributed by atoms with Crippen molar-refractivity contribution in [2.45, 2.75) is 18.4 Å². The number of imidazole rings is 1. The Bertz CT molecular complexity index is 1610. The van der Waals surface area contributed by atoms with Gasteiger partial charge in [-0.3, -0.25) is 10.1 Å². The zero-order valence-electron chi connectivity index (χ0n) is 20.0. The van der Waals surface area contributed by atoms with E-state index in [-0.39, 0.29) is 5.95 Å². The number of phenols is 1. The number of thiophene rings is 1. The van der Waals surface area contributed by atoms with Crippen LogP contribution in [0.5, 0.6) is 5.75 Å². The second-order valence-electron chi connectivity index (χ2n) is 8.17. The van der Waals surface area contributed by atoms with Gasteiger partial charge in [0.1, 0.15) is 5.69 Å². The van der Waals surface area contributed by atoms with Crippen LogP contribution in [0, 0.1) is 17.0 Å². The van der Waals surface area contributed by atoms with Crippen molar-refractivity contribution in [2.24, 2.45) is 16.0 Å². The average Bonchev–Trinajstić information content (AvgIpc) is 3.50. The maximum atomic E-state index is 12.6. The quantitative estimate of drug-likeness (QED) is 0.162. The summed E-state index contributed by atoms with van der Waals surface area (Å²) in [5.74, 6) is -0.765. The van der Waals surface area contributed by atoms with E-state index < -0.39 is 37.0 Å². The molecule has 4 aromatic rings. The van der Waals surface area contributed by atoms with E-state index in [0.717, 1.165) is 37.3 Å². The molecule has 0 atom stereocenters. The number of aryl methyl sites for hydroxylation is 1. The number of aromatic hydroxyl groups is 1. The van der Waals surface area contributed by atoms with Crippen LogP contribution in [0.2, 0.25) is 0 Å². The first-order chi connectivity index (χ1) is 17.5.